The molecule has 0 fully saturated rings. The first-order chi connectivity index (χ1) is 15.4. The van der Waals surface area contributed by atoms with Crippen LogP contribution in [0.3, 0.4) is 0 Å². The largest absolute Gasteiger partial charge is 0.479 e. The summed E-state index contributed by atoms with van der Waals surface area (Å²) in [5.41, 5.74) is 6.08. The van der Waals surface area contributed by atoms with Crippen molar-refractivity contribution in [2.45, 2.75) is 32.5 Å². The normalized spacial score (nSPS) is 12.4. The first-order valence-corrected chi connectivity index (χ1v) is 9.99. The lowest BCUT2D eigenvalue weighted by Gasteiger charge is -2.11. The van der Waals surface area contributed by atoms with Gasteiger partial charge in [-0.1, -0.05) is 35.9 Å². The number of likely N-dealkylation sites (N-methyl/N-ethyl adjacent to an activating group) is 1. The van der Waals surface area contributed by atoms with E-state index >= 15 is 0 Å². The summed E-state index contributed by atoms with van der Waals surface area (Å²) in [6, 6.07) is 12.3. The van der Waals surface area contributed by atoms with Gasteiger partial charge in [0.2, 0.25) is 5.91 Å². The summed E-state index contributed by atoms with van der Waals surface area (Å²) in [7, 11) is 3.56. The number of fused-ring (bicyclic) bond motifs is 1. The van der Waals surface area contributed by atoms with Crippen LogP contribution < -0.4 is 0 Å². The maximum absolute atomic E-state index is 12.3. The van der Waals surface area contributed by atoms with Crippen LogP contribution >= 0.6 is 0 Å². The molecule has 2 aromatic heterocycles. The summed E-state index contributed by atoms with van der Waals surface area (Å²) in [5.74, 6) is -3.47. The average Bonchev–Trinajstić information content (AvgIpc) is 3.10. The van der Waals surface area contributed by atoms with E-state index in [1.807, 2.05) is 29.7 Å². The summed E-state index contributed by atoms with van der Waals surface area (Å²) < 4.78 is 2.03. The molecule has 0 bridgehead atoms. The molecule has 4 N–H and O–H groups in total. The van der Waals surface area contributed by atoms with Crippen molar-refractivity contribution >= 4 is 23.5 Å². The van der Waals surface area contributed by atoms with Crippen LogP contribution in [-0.4, -0.2) is 78.9 Å². The third-order valence-corrected chi connectivity index (χ3v) is 4.81. The number of hydrogen-bond acceptors (Lipinski definition) is 6. The Morgan fingerprint density at radius 1 is 0.909 bits per heavy atom. The molecule has 0 aliphatic heterocycles. The minimum Gasteiger partial charge on any atom is -0.479 e. The van der Waals surface area contributed by atoms with E-state index in [0.29, 0.717) is 6.42 Å². The number of amides is 1. The van der Waals surface area contributed by atoms with Crippen LogP contribution in [0.15, 0.2) is 42.6 Å². The second kappa shape index (κ2) is 10.7. The molecule has 10 nitrogen and oxygen atoms in total. The van der Waals surface area contributed by atoms with Crippen LogP contribution in [0.4, 0.5) is 0 Å². The first kappa shape index (κ1) is 25.5. The maximum atomic E-state index is 12.3. The van der Waals surface area contributed by atoms with Crippen molar-refractivity contribution in [3.8, 4) is 11.3 Å². The van der Waals surface area contributed by atoms with E-state index in [0.717, 1.165) is 28.2 Å². The minimum absolute atomic E-state index is 0.0710. The number of carbonyl (C=O) groups is 3. The van der Waals surface area contributed by atoms with Crippen molar-refractivity contribution in [3.63, 3.8) is 0 Å². The molecule has 0 aliphatic carbocycles. The molecular weight excluding hydrogens is 430 g/mol. The standard InChI is InChI=1S/C19H21N3O.C4H6O6/c1-13-5-8-15(9-6-13)19-16(11-18(23)21(3)4)22-12-14(2)7-10-17(22)20-19;5-1(3(7)8)2(6)4(9)10/h5-10,12H,11H2,1-4H3;1-2,5-6H,(H,7,8)(H,9,10). The van der Waals surface area contributed by atoms with Crippen LogP contribution in [-0.2, 0) is 20.8 Å². The topological polar surface area (TPSA) is 153 Å². The molecule has 3 rings (SSSR count). The number of carboxylic acids is 2. The van der Waals surface area contributed by atoms with Crippen LogP contribution in [0, 0.1) is 13.8 Å². The van der Waals surface area contributed by atoms with Gasteiger partial charge in [0.1, 0.15) is 5.65 Å². The van der Waals surface area contributed by atoms with Crippen LogP contribution in [0.2, 0.25) is 0 Å². The van der Waals surface area contributed by atoms with Crippen molar-refractivity contribution in [1.82, 2.24) is 14.3 Å². The molecule has 3 aromatic rings. The van der Waals surface area contributed by atoms with Crippen molar-refractivity contribution in [1.29, 1.82) is 0 Å². The molecule has 2 heterocycles. The fourth-order valence-electron chi connectivity index (χ4n) is 2.88. The zero-order chi connectivity index (χ0) is 24.9. The van der Waals surface area contributed by atoms with Crippen molar-refractivity contribution in [3.05, 3.63) is 59.4 Å². The number of hydrogen-bond donors (Lipinski definition) is 4. The molecular formula is C23H27N3O7. The second-order valence-corrected chi connectivity index (χ2v) is 7.74. The molecule has 0 aliphatic rings. The van der Waals surface area contributed by atoms with Crippen molar-refractivity contribution in [2.75, 3.05) is 14.1 Å². The molecule has 2 unspecified atom stereocenters. The maximum Gasteiger partial charge on any atom is 0.335 e. The molecule has 176 valence electrons. The number of aliphatic hydroxyl groups excluding tert-OH is 2. The van der Waals surface area contributed by atoms with E-state index in [9.17, 15) is 14.4 Å². The summed E-state index contributed by atoms with van der Waals surface area (Å²) in [4.78, 5) is 38.2. The monoisotopic (exact) mass is 457 g/mol. The van der Waals surface area contributed by atoms with E-state index in [4.69, 9.17) is 25.4 Å². The molecule has 2 atom stereocenters. The van der Waals surface area contributed by atoms with Gasteiger partial charge in [-0.2, -0.15) is 0 Å². The second-order valence-electron chi connectivity index (χ2n) is 7.74. The fourth-order valence-corrected chi connectivity index (χ4v) is 2.88. The van der Waals surface area contributed by atoms with Gasteiger partial charge < -0.3 is 29.7 Å². The highest BCUT2D eigenvalue weighted by atomic mass is 16.4. The summed E-state index contributed by atoms with van der Waals surface area (Å²) in [6.45, 7) is 4.11. The van der Waals surface area contributed by atoms with Gasteiger partial charge in [0, 0.05) is 25.9 Å². The molecule has 10 heteroatoms. The smallest absolute Gasteiger partial charge is 0.335 e. The van der Waals surface area contributed by atoms with Crippen LogP contribution in [0.5, 0.6) is 0 Å². The van der Waals surface area contributed by atoms with Gasteiger partial charge in [0.15, 0.2) is 12.2 Å². The highest BCUT2D eigenvalue weighted by molar-refractivity contribution is 5.83. The first-order valence-electron chi connectivity index (χ1n) is 9.99. The van der Waals surface area contributed by atoms with Gasteiger partial charge in [0.05, 0.1) is 17.8 Å². The molecule has 0 saturated heterocycles. The Balaban J connectivity index is 0.000000328. The molecule has 33 heavy (non-hydrogen) atoms. The van der Waals surface area contributed by atoms with Crippen LogP contribution in [0.1, 0.15) is 16.8 Å². The highest BCUT2D eigenvalue weighted by Gasteiger charge is 2.29. The number of aliphatic carboxylic acids is 2. The van der Waals surface area contributed by atoms with Gasteiger partial charge >= 0.3 is 11.9 Å². The molecule has 1 amide bonds. The Hall–Kier alpha value is -3.76. The predicted molar refractivity (Wildman–Crippen MR) is 120 cm³/mol. The Labute approximate surface area is 190 Å². The van der Waals surface area contributed by atoms with Crippen LogP contribution in [0.25, 0.3) is 16.9 Å². The van der Waals surface area contributed by atoms with E-state index in [-0.39, 0.29) is 5.91 Å². The zero-order valence-corrected chi connectivity index (χ0v) is 18.8. The molecule has 0 saturated carbocycles. The number of rotatable bonds is 6. The summed E-state index contributed by atoms with van der Waals surface area (Å²) >= 11 is 0. The Kier molecular flexibility index (Phi) is 8.27. The molecule has 1 aromatic carbocycles. The van der Waals surface area contributed by atoms with E-state index in [1.54, 1.807) is 19.0 Å². The zero-order valence-electron chi connectivity index (χ0n) is 18.8. The lowest BCUT2D eigenvalue weighted by atomic mass is 10.1. The lowest BCUT2D eigenvalue weighted by Crippen LogP contribution is -2.39. The number of benzene rings is 1. The molecule has 0 radical (unpaired) electrons. The van der Waals surface area contributed by atoms with E-state index in [1.165, 1.54) is 5.56 Å². The Bertz CT molecular complexity index is 1130. The number of imidazole rings is 1. The number of aliphatic hydroxyl groups is 2. The van der Waals surface area contributed by atoms with E-state index in [2.05, 4.69) is 31.2 Å². The Morgan fingerprint density at radius 2 is 1.42 bits per heavy atom. The van der Waals surface area contributed by atoms with Gasteiger partial charge in [-0.25, -0.2) is 14.6 Å². The number of aryl methyl sites for hydroxylation is 2. The Morgan fingerprint density at radius 3 is 1.91 bits per heavy atom. The number of nitrogens with zero attached hydrogens (tertiary/aromatic N) is 3. The van der Waals surface area contributed by atoms with Crippen molar-refractivity contribution < 1.29 is 34.8 Å². The number of aromatic nitrogens is 2. The minimum atomic E-state index is -2.27. The summed E-state index contributed by atoms with van der Waals surface area (Å²) in [6.07, 6.45) is -2.16. The predicted octanol–water partition coefficient (Wildman–Crippen LogP) is 1.13. The number of carboxylic acid groups (broad SMARTS) is 2. The summed E-state index contributed by atoms with van der Waals surface area (Å²) in [5, 5.41) is 32.5. The fraction of sp³-hybridized carbons (Fsp3) is 0.304. The molecule has 0 spiro atoms. The third kappa shape index (κ3) is 6.37. The van der Waals surface area contributed by atoms with E-state index < -0.39 is 24.1 Å². The average molecular weight is 457 g/mol. The lowest BCUT2D eigenvalue weighted by molar-refractivity contribution is -0.165. The quantitative estimate of drug-likeness (QED) is 0.430. The number of carbonyl (C=O) groups excluding carboxylic acids is 1. The SMILES string of the molecule is Cc1ccc(-c2nc3ccc(C)cn3c2CC(=O)N(C)C)cc1.O=C(O)C(O)C(O)C(=O)O. The third-order valence-electron chi connectivity index (χ3n) is 4.81. The van der Waals surface area contributed by atoms with Crippen molar-refractivity contribution in [2.24, 2.45) is 0 Å². The number of pyridine rings is 1. The van der Waals surface area contributed by atoms with Gasteiger partial charge in [-0.3, -0.25) is 4.79 Å². The van der Waals surface area contributed by atoms with Gasteiger partial charge in [-0.15, -0.1) is 0 Å². The van der Waals surface area contributed by atoms with Gasteiger partial charge in [-0.05, 0) is 25.5 Å². The van der Waals surface area contributed by atoms with Gasteiger partial charge in [0.25, 0.3) is 0 Å². The highest BCUT2D eigenvalue weighted by Crippen LogP contribution is 2.26.